The van der Waals surface area contributed by atoms with Crippen LogP contribution in [0.1, 0.15) is 78.0 Å². The Bertz CT molecular complexity index is 1920. The number of hydrogen-bond donors (Lipinski definition) is 2. The lowest BCUT2D eigenvalue weighted by atomic mass is 9.84. The first-order valence-electron chi connectivity index (χ1n) is 15.5. The first-order valence-corrected chi connectivity index (χ1v) is 15.5. The lowest BCUT2D eigenvalue weighted by Gasteiger charge is -2.42. The number of hydrogen-bond acceptors (Lipinski definition) is 7. The van der Waals surface area contributed by atoms with Gasteiger partial charge in [0.15, 0.2) is 17.0 Å². The highest BCUT2D eigenvalue weighted by atomic mass is 19.1. The van der Waals surface area contributed by atoms with Crippen LogP contribution < -0.4 is 15.5 Å². The fraction of sp³-hybridized carbons (Fsp3) is 0.371. The number of ether oxygens (including phenoxy) is 1. The third kappa shape index (κ3) is 6.27. The van der Waals surface area contributed by atoms with Crippen LogP contribution in [-0.2, 0) is 18.0 Å². The summed E-state index contributed by atoms with van der Waals surface area (Å²) < 4.78 is 49.7. The van der Waals surface area contributed by atoms with Gasteiger partial charge in [0, 0.05) is 49.4 Å². The van der Waals surface area contributed by atoms with E-state index in [0.29, 0.717) is 36.2 Å². The standard InChI is InChI=1S/C35H33F3N4O6/c1-20-9-12-35(15-23(40-48-35)10-11-34(2,3)46)28-18-41(20)33(45)29-31(47-19-21-7-5-4-6-8-21)30(43)25(17-42(28)29)32(44)39-16-24-26(37)13-22(36)14-27(24)38/h4-8,13-14,17,20,28,46H,9,12,15-16,18-19H2,1-3H3,(H,39,44)/t20-,28+,35-/m0/s1. The number of amides is 2. The number of nitrogens with zero attached hydrogens (tertiary/aromatic N) is 3. The Kier molecular flexibility index (Phi) is 8.55. The second-order valence-corrected chi connectivity index (χ2v) is 12.8. The fourth-order valence-electron chi connectivity index (χ4n) is 6.26. The van der Waals surface area contributed by atoms with Crippen molar-refractivity contribution in [1.82, 2.24) is 14.8 Å². The molecule has 0 radical (unpaired) electrons. The van der Waals surface area contributed by atoms with Crippen LogP contribution in [0.15, 0.2) is 58.6 Å². The zero-order valence-electron chi connectivity index (χ0n) is 26.5. The zero-order chi connectivity index (χ0) is 34.4. The van der Waals surface area contributed by atoms with Crippen molar-refractivity contribution in [3.8, 4) is 17.6 Å². The molecule has 3 aromatic rings. The molecule has 48 heavy (non-hydrogen) atoms. The summed E-state index contributed by atoms with van der Waals surface area (Å²) in [4.78, 5) is 49.4. The first-order chi connectivity index (χ1) is 22.8. The van der Waals surface area contributed by atoms with Gasteiger partial charge in [0.05, 0.1) is 6.04 Å². The summed E-state index contributed by atoms with van der Waals surface area (Å²) >= 11 is 0. The van der Waals surface area contributed by atoms with Crippen molar-refractivity contribution < 1.29 is 37.4 Å². The van der Waals surface area contributed by atoms with Gasteiger partial charge in [-0.05, 0) is 45.1 Å². The largest absolute Gasteiger partial charge is 0.483 e. The quantitative estimate of drug-likeness (QED) is 0.381. The van der Waals surface area contributed by atoms with Gasteiger partial charge >= 0.3 is 0 Å². The van der Waals surface area contributed by atoms with Crippen LogP contribution in [0.5, 0.6) is 5.75 Å². The van der Waals surface area contributed by atoms with E-state index in [1.165, 1.54) is 10.8 Å². The van der Waals surface area contributed by atoms with Crippen LogP contribution >= 0.6 is 0 Å². The molecule has 0 aliphatic carbocycles. The number of aromatic nitrogens is 1. The number of oxime groups is 1. The fourth-order valence-corrected chi connectivity index (χ4v) is 6.26. The van der Waals surface area contributed by atoms with E-state index in [9.17, 15) is 32.7 Å². The third-order valence-electron chi connectivity index (χ3n) is 8.80. The summed E-state index contributed by atoms with van der Waals surface area (Å²) in [5.41, 5.74) is -3.25. The van der Waals surface area contributed by atoms with Crippen molar-refractivity contribution >= 4 is 17.5 Å². The molecule has 2 amide bonds. The summed E-state index contributed by atoms with van der Waals surface area (Å²) in [6, 6.07) is 8.98. The van der Waals surface area contributed by atoms with Gasteiger partial charge in [-0.1, -0.05) is 41.4 Å². The van der Waals surface area contributed by atoms with E-state index >= 15 is 0 Å². The number of aliphatic hydroxyl groups is 1. The predicted molar refractivity (Wildman–Crippen MR) is 168 cm³/mol. The van der Waals surface area contributed by atoms with Crippen LogP contribution in [0, 0.1) is 29.3 Å². The molecule has 2 N–H and O–H groups in total. The van der Waals surface area contributed by atoms with Gasteiger partial charge in [0.1, 0.15) is 40.9 Å². The summed E-state index contributed by atoms with van der Waals surface area (Å²) in [7, 11) is 0. The van der Waals surface area contributed by atoms with Crippen molar-refractivity contribution in [1.29, 1.82) is 0 Å². The second kappa shape index (κ2) is 12.5. The molecule has 10 nitrogen and oxygen atoms in total. The molecule has 2 bridgehead atoms. The summed E-state index contributed by atoms with van der Waals surface area (Å²) in [5, 5.41) is 16.7. The molecule has 0 unspecified atom stereocenters. The topological polar surface area (TPSA) is 122 Å². The van der Waals surface area contributed by atoms with E-state index in [4.69, 9.17) is 9.57 Å². The summed E-state index contributed by atoms with van der Waals surface area (Å²) in [5.74, 6) is 0.256. The van der Waals surface area contributed by atoms with E-state index in [1.54, 1.807) is 43.0 Å². The molecular weight excluding hydrogens is 629 g/mol. The smallest absolute Gasteiger partial charge is 0.274 e. The molecule has 3 atom stereocenters. The molecule has 1 aromatic heterocycles. The lowest BCUT2D eigenvalue weighted by molar-refractivity contribution is -0.0656. The second-order valence-electron chi connectivity index (χ2n) is 12.8. The van der Waals surface area contributed by atoms with Crippen molar-refractivity contribution in [3.63, 3.8) is 0 Å². The van der Waals surface area contributed by atoms with Crippen LogP contribution in [0.2, 0.25) is 0 Å². The maximum atomic E-state index is 14.4. The molecule has 13 heteroatoms. The number of carbonyl (C=O) groups excluding carboxylic acids is 2. The van der Waals surface area contributed by atoms with Crippen molar-refractivity contribution in [2.24, 2.45) is 5.16 Å². The van der Waals surface area contributed by atoms with Gasteiger partial charge in [0.2, 0.25) is 5.43 Å². The average Bonchev–Trinajstić information content (AvgIpc) is 3.40. The summed E-state index contributed by atoms with van der Waals surface area (Å²) in [6.45, 7) is 4.35. The molecule has 3 aliphatic heterocycles. The lowest BCUT2D eigenvalue weighted by Crippen LogP contribution is -2.52. The maximum Gasteiger partial charge on any atom is 0.274 e. The highest BCUT2D eigenvalue weighted by molar-refractivity contribution is 6.02. The van der Waals surface area contributed by atoms with E-state index in [-0.39, 0.29) is 37.1 Å². The minimum Gasteiger partial charge on any atom is -0.483 e. The molecule has 250 valence electrons. The zero-order valence-corrected chi connectivity index (χ0v) is 26.5. The third-order valence-corrected chi connectivity index (χ3v) is 8.80. The normalized spacial score (nSPS) is 21.4. The molecule has 0 saturated carbocycles. The molecule has 1 saturated heterocycles. The summed E-state index contributed by atoms with van der Waals surface area (Å²) in [6.07, 6.45) is 2.44. The van der Waals surface area contributed by atoms with E-state index in [1.807, 2.05) is 13.0 Å². The first kappa shape index (κ1) is 32.8. The SMILES string of the molecule is C[C@H]1CC[C@]2(CC(C#CC(C)(C)O)=NO2)[C@H]2CN1C(=O)c1c(OCc3ccccc3)c(=O)c(C(=O)NCc3c(F)cc(F)cc3F)cn12. The van der Waals surface area contributed by atoms with Crippen LogP contribution in [0.4, 0.5) is 13.2 Å². The molecule has 1 spiro atoms. The Labute approximate surface area is 274 Å². The van der Waals surface area contributed by atoms with Crippen molar-refractivity contribution in [2.45, 2.75) is 76.5 Å². The Morgan fingerprint density at radius 2 is 1.90 bits per heavy atom. The number of rotatable bonds is 6. The van der Waals surface area contributed by atoms with Gasteiger partial charge in [-0.2, -0.15) is 0 Å². The number of fused-ring (bicyclic) bond motifs is 5. The minimum absolute atomic E-state index is 0.0768. The van der Waals surface area contributed by atoms with Crippen LogP contribution in [0.25, 0.3) is 0 Å². The Morgan fingerprint density at radius 3 is 2.58 bits per heavy atom. The van der Waals surface area contributed by atoms with E-state index < -0.39 is 69.6 Å². The predicted octanol–water partition coefficient (Wildman–Crippen LogP) is 4.24. The molecule has 6 rings (SSSR count). The van der Waals surface area contributed by atoms with E-state index in [0.717, 1.165) is 0 Å². The Hall–Kier alpha value is -5.09. The minimum atomic E-state index is -1.27. The molecule has 1 fully saturated rings. The molecule has 3 aliphatic rings. The van der Waals surface area contributed by atoms with Gasteiger partial charge < -0.3 is 29.5 Å². The average molecular weight is 663 g/mol. The number of benzene rings is 2. The van der Waals surface area contributed by atoms with Gasteiger partial charge in [0.25, 0.3) is 11.8 Å². The Balaban J connectivity index is 1.44. The maximum absolute atomic E-state index is 14.4. The number of carbonyl (C=O) groups is 2. The van der Waals surface area contributed by atoms with E-state index in [2.05, 4.69) is 22.3 Å². The number of nitrogens with one attached hydrogen (secondary N) is 1. The number of pyridine rings is 1. The Morgan fingerprint density at radius 1 is 1.19 bits per heavy atom. The van der Waals surface area contributed by atoms with Crippen molar-refractivity contribution in [2.75, 3.05) is 6.54 Å². The van der Waals surface area contributed by atoms with Gasteiger partial charge in [-0.25, -0.2) is 13.2 Å². The van der Waals surface area contributed by atoms with Crippen LogP contribution in [0.3, 0.4) is 0 Å². The highest BCUT2D eigenvalue weighted by Gasteiger charge is 2.54. The molecular formula is C35H33F3N4O6. The molecule has 2 aromatic carbocycles. The molecule has 4 heterocycles. The number of halogens is 3. The van der Waals surface area contributed by atoms with Crippen LogP contribution in [-0.4, -0.2) is 55.9 Å². The van der Waals surface area contributed by atoms with Gasteiger partial charge in [-0.15, -0.1) is 0 Å². The van der Waals surface area contributed by atoms with Crippen molar-refractivity contribution in [3.05, 3.63) is 98.7 Å². The highest BCUT2D eigenvalue weighted by Crippen LogP contribution is 2.46. The monoisotopic (exact) mass is 662 g/mol. The van der Waals surface area contributed by atoms with Gasteiger partial charge in [-0.3, -0.25) is 14.4 Å².